The van der Waals surface area contributed by atoms with Gasteiger partial charge in [0.15, 0.2) is 0 Å². The van der Waals surface area contributed by atoms with Crippen molar-refractivity contribution in [3.05, 3.63) is 0 Å². The summed E-state index contributed by atoms with van der Waals surface area (Å²) in [6, 6.07) is 0. The molecule has 2 N–H and O–H groups in total. The van der Waals surface area contributed by atoms with E-state index in [4.69, 9.17) is 14.5 Å². The highest BCUT2D eigenvalue weighted by Crippen LogP contribution is 2.40. The summed E-state index contributed by atoms with van der Waals surface area (Å²) in [5.74, 6) is 0. The minimum absolute atomic E-state index is 0.0867. The van der Waals surface area contributed by atoms with E-state index in [1.807, 2.05) is 0 Å². The molecule has 1 aliphatic heterocycles. The molecular weight excluding hydrogens is 169 g/mol. The second-order valence-corrected chi connectivity index (χ2v) is 4.20. The Labute approximate surface area is 65.2 Å². The van der Waals surface area contributed by atoms with Gasteiger partial charge in [0.25, 0.3) is 0 Å². The van der Waals surface area contributed by atoms with Gasteiger partial charge in [0.1, 0.15) is 0 Å². The number of ether oxygens (including phenoxy) is 1. The second-order valence-electron chi connectivity index (χ2n) is 2.61. The van der Waals surface area contributed by atoms with Gasteiger partial charge in [-0.25, -0.2) is 9.24 Å². The van der Waals surface area contributed by atoms with Crippen molar-refractivity contribution in [2.24, 2.45) is 0 Å². The summed E-state index contributed by atoms with van der Waals surface area (Å²) in [5.41, 5.74) is 0. The Hall–Kier alpha value is 0.0700. The third-order valence-electron chi connectivity index (χ3n) is 1.59. The molecule has 0 saturated carbocycles. The third-order valence-corrected chi connectivity index (χ3v) is 2.69. The molecule has 1 fully saturated rings. The molecule has 0 spiro atoms. The Morgan fingerprint density at radius 1 is 1.64 bits per heavy atom. The van der Waals surface area contributed by atoms with Gasteiger partial charge in [0, 0.05) is 13.1 Å². The zero-order valence-corrected chi connectivity index (χ0v) is 7.20. The molecule has 6 heteroatoms. The maximum Gasteiger partial charge on any atom is 0.403 e. The van der Waals surface area contributed by atoms with Crippen LogP contribution in [0.3, 0.4) is 0 Å². The van der Waals surface area contributed by atoms with E-state index >= 15 is 0 Å². The lowest BCUT2D eigenvalue weighted by Gasteiger charge is -2.30. The molecule has 66 valence electrons. The average molecular weight is 181 g/mol. The molecule has 0 bridgehead atoms. The maximum absolute atomic E-state index is 10.7. The van der Waals surface area contributed by atoms with Gasteiger partial charge in [-0.3, -0.25) is 0 Å². The summed E-state index contributed by atoms with van der Waals surface area (Å²) in [6.07, 6.45) is -0.0867. The highest BCUT2D eigenvalue weighted by Gasteiger charge is 2.29. The van der Waals surface area contributed by atoms with E-state index in [1.54, 1.807) is 6.92 Å². The summed E-state index contributed by atoms with van der Waals surface area (Å²) in [4.78, 5) is 17.5. The summed E-state index contributed by atoms with van der Waals surface area (Å²) in [5, 5.41) is 0. The third kappa shape index (κ3) is 2.54. The molecule has 1 saturated heterocycles. The van der Waals surface area contributed by atoms with Crippen molar-refractivity contribution in [1.29, 1.82) is 0 Å². The molecule has 11 heavy (non-hydrogen) atoms. The Balaban J connectivity index is 2.53. The standard InChI is InChI=1S/C5H12NO4P/c1-5-4-6(2-3-10-5)11(7,8)9/h5H,2-4H2,1H3,(H2,7,8,9). The Morgan fingerprint density at radius 3 is 2.64 bits per heavy atom. The van der Waals surface area contributed by atoms with Crippen molar-refractivity contribution in [2.75, 3.05) is 19.7 Å². The van der Waals surface area contributed by atoms with Gasteiger partial charge in [0.2, 0.25) is 0 Å². The van der Waals surface area contributed by atoms with Crippen LogP contribution in [0.5, 0.6) is 0 Å². The van der Waals surface area contributed by atoms with Gasteiger partial charge in [-0.1, -0.05) is 0 Å². The largest absolute Gasteiger partial charge is 0.403 e. The average Bonchev–Trinajstić information content (AvgIpc) is 1.86. The van der Waals surface area contributed by atoms with Crippen LogP contribution in [0.1, 0.15) is 6.92 Å². The van der Waals surface area contributed by atoms with E-state index < -0.39 is 7.75 Å². The van der Waals surface area contributed by atoms with Crippen molar-refractivity contribution in [2.45, 2.75) is 13.0 Å². The van der Waals surface area contributed by atoms with Gasteiger partial charge < -0.3 is 14.5 Å². The molecule has 1 heterocycles. The number of morpholine rings is 1. The lowest BCUT2D eigenvalue weighted by Crippen LogP contribution is -2.38. The van der Waals surface area contributed by atoms with Crippen molar-refractivity contribution in [3.8, 4) is 0 Å². The molecule has 0 aromatic rings. The Kier molecular flexibility index (Phi) is 2.67. The maximum atomic E-state index is 10.7. The predicted molar refractivity (Wildman–Crippen MR) is 39.0 cm³/mol. The number of rotatable bonds is 1. The van der Waals surface area contributed by atoms with Gasteiger partial charge >= 0.3 is 7.75 Å². The summed E-state index contributed by atoms with van der Waals surface area (Å²) in [6.45, 7) is 2.81. The highest BCUT2D eigenvalue weighted by atomic mass is 31.2. The molecule has 0 aromatic carbocycles. The van der Waals surface area contributed by atoms with Gasteiger partial charge in [-0.15, -0.1) is 0 Å². The first-order valence-corrected chi connectivity index (χ1v) is 4.99. The van der Waals surface area contributed by atoms with Gasteiger partial charge in [0.05, 0.1) is 12.7 Å². The lowest BCUT2D eigenvalue weighted by atomic mass is 10.3. The van der Waals surface area contributed by atoms with Crippen molar-refractivity contribution >= 4 is 7.75 Å². The van der Waals surface area contributed by atoms with Crippen LogP contribution in [-0.2, 0) is 9.30 Å². The van der Waals surface area contributed by atoms with Crippen LogP contribution in [-0.4, -0.2) is 40.3 Å². The molecule has 0 aliphatic carbocycles. The van der Waals surface area contributed by atoms with E-state index in [0.29, 0.717) is 19.7 Å². The van der Waals surface area contributed by atoms with Crippen LogP contribution in [0.2, 0.25) is 0 Å². The first-order valence-electron chi connectivity index (χ1n) is 3.43. The van der Waals surface area contributed by atoms with E-state index in [9.17, 15) is 4.57 Å². The van der Waals surface area contributed by atoms with Crippen molar-refractivity contribution < 1.29 is 19.1 Å². The quantitative estimate of drug-likeness (QED) is 0.548. The lowest BCUT2D eigenvalue weighted by molar-refractivity contribution is 0.00186. The zero-order valence-electron chi connectivity index (χ0n) is 6.30. The molecule has 1 aliphatic rings. The Morgan fingerprint density at radius 2 is 2.27 bits per heavy atom. The fourth-order valence-corrected chi connectivity index (χ4v) is 1.82. The molecule has 0 radical (unpaired) electrons. The van der Waals surface area contributed by atoms with E-state index in [1.165, 1.54) is 0 Å². The van der Waals surface area contributed by atoms with Crippen molar-refractivity contribution in [3.63, 3.8) is 0 Å². The summed E-state index contributed by atoms with van der Waals surface area (Å²) in [7, 11) is -4.03. The molecule has 1 unspecified atom stereocenters. The summed E-state index contributed by atoms with van der Waals surface area (Å²) < 4.78 is 17.0. The molecule has 1 atom stereocenters. The van der Waals surface area contributed by atoms with Gasteiger partial charge in [-0.2, -0.15) is 0 Å². The number of hydrogen-bond donors (Lipinski definition) is 2. The molecule has 0 aromatic heterocycles. The topological polar surface area (TPSA) is 70.0 Å². The Bertz CT molecular complexity index is 179. The van der Waals surface area contributed by atoms with Crippen LogP contribution >= 0.6 is 7.75 Å². The van der Waals surface area contributed by atoms with Crippen LogP contribution in [0.4, 0.5) is 0 Å². The van der Waals surface area contributed by atoms with E-state index in [2.05, 4.69) is 0 Å². The first-order chi connectivity index (χ1) is 5.00. The van der Waals surface area contributed by atoms with E-state index in [0.717, 1.165) is 4.67 Å². The number of nitrogens with zero attached hydrogens (tertiary/aromatic N) is 1. The normalized spacial score (nSPS) is 28.8. The molecule has 0 amide bonds. The first kappa shape index (κ1) is 9.16. The highest BCUT2D eigenvalue weighted by molar-refractivity contribution is 7.49. The fourth-order valence-electron chi connectivity index (χ4n) is 1.04. The fraction of sp³-hybridized carbons (Fsp3) is 1.00. The smallest absolute Gasteiger partial charge is 0.376 e. The minimum Gasteiger partial charge on any atom is -0.376 e. The summed E-state index contributed by atoms with van der Waals surface area (Å²) >= 11 is 0. The van der Waals surface area contributed by atoms with E-state index in [-0.39, 0.29) is 6.10 Å². The molecular formula is C5H12NO4P. The monoisotopic (exact) mass is 181 g/mol. The zero-order chi connectivity index (χ0) is 8.48. The predicted octanol–water partition coefficient (Wildman–Crippen LogP) is -0.200. The second kappa shape index (κ2) is 3.21. The molecule has 5 nitrogen and oxygen atoms in total. The van der Waals surface area contributed by atoms with Crippen LogP contribution < -0.4 is 0 Å². The van der Waals surface area contributed by atoms with Crippen molar-refractivity contribution in [1.82, 2.24) is 4.67 Å². The SMILES string of the molecule is CC1CN(P(=O)(O)O)CCO1. The molecule has 1 rings (SSSR count). The van der Waals surface area contributed by atoms with Crippen LogP contribution in [0.25, 0.3) is 0 Å². The minimum atomic E-state index is -4.03. The van der Waals surface area contributed by atoms with Crippen LogP contribution in [0.15, 0.2) is 0 Å². The van der Waals surface area contributed by atoms with Gasteiger partial charge in [-0.05, 0) is 6.92 Å². The number of hydrogen-bond acceptors (Lipinski definition) is 2. The van der Waals surface area contributed by atoms with Crippen LogP contribution in [0, 0.1) is 0 Å².